The summed E-state index contributed by atoms with van der Waals surface area (Å²) in [6.07, 6.45) is 3.21. The number of nitrogens with zero attached hydrogens (tertiary/aromatic N) is 1. The van der Waals surface area contributed by atoms with Gasteiger partial charge in [-0.05, 0) is 44.7 Å². The summed E-state index contributed by atoms with van der Waals surface area (Å²) in [5.41, 5.74) is 1.23. The lowest BCUT2D eigenvalue weighted by molar-refractivity contribution is -0.138. The van der Waals surface area contributed by atoms with Crippen molar-refractivity contribution in [1.82, 2.24) is 15.5 Å². The van der Waals surface area contributed by atoms with Crippen molar-refractivity contribution < 1.29 is 19.1 Å². The molecule has 7 heteroatoms. The van der Waals surface area contributed by atoms with Gasteiger partial charge in [0.15, 0.2) is 0 Å². The molecule has 0 radical (unpaired) electrons. The zero-order chi connectivity index (χ0) is 22.7. The molecule has 0 saturated carbocycles. The number of nitrogens with one attached hydrogen (secondary N) is 2. The maximum atomic E-state index is 12.9. The van der Waals surface area contributed by atoms with E-state index >= 15 is 0 Å². The van der Waals surface area contributed by atoms with E-state index in [2.05, 4.69) is 24.5 Å². The predicted molar refractivity (Wildman–Crippen MR) is 118 cm³/mol. The number of hydrogen-bond donors (Lipinski definition) is 2. The number of amides is 3. The highest BCUT2D eigenvalue weighted by Gasteiger charge is 2.29. The molecule has 0 fully saturated rings. The number of carbonyl (C=O) groups is 3. The first kappa shape index (κ1) is 25.5. The van der Waals surface area contributed by atoms with Gasteiger partial charge in [0.2, 0.25) is 11.8 Å². The Labute approximate surface area is 180 Å². The minimum Gasteiger partial charge on any atom is -0.444 e. The van der Waals surface area contributed by atoms with E-state index in [0.717, 1.165) is 36.8 Å². The van der Waals surface area contributed by atoms with Gasteiger partial charge in [-0.1, -0.05) is 51.0 Å². The minimum atomic E-state index is -0.773. The maximum absolute atomic E-state index is 12.9. The molecule has 0 spiro atoms. The van der Waals surface area contributed by atoms with E-state index in [-0.39, 0.29) is 18.4 Å². The Bertz CT molecular complexity index is 695. The SMILES string of the molecule is CCCCCNC(=O)C(c1ccc(CC)cc1)N(C)C(=O)CNC(=O)OC(C)(C)C. The van der Waals surface area contributed by atoms with E-state index < -0.39 is 17.7 Å². The molecule has 2 N–H and O–H groups in total. The number of hydrogen-bond acceptors (Lipinski definition) is 4. The summed E-state index contributed by atoms with van der Waals surface area (Å²) in [6.45, 7) is 9.72. The number of benzene rings is 1. The molecule has 0 bridgehead atoms. The molecule has 168 valence electrons. The van der Waals surface area contributed by atoms with Gasteiger partial charge in [0, 0.05) is 13.6 Å². The maximum Gasteiger partial charge on any atom is 0.408 e. The third kappa shape index (κ3) is 8.84. The number of likely N-dealkylation sites (N-methyl/N-ethyl adjacent to an activating group) is 1. The summed E-state index contributed by atoms with van der Waals surface area (Å²) in [7, 11) is 1.57. The lowest BCUT2D eigenvalue weighted by atomic mass is 10.0. The summed E-state index contributed by atoms with van der Waals surface area (Å²) in [4.78, 5) is 38.8. The molecule has 1 aromatic carbocycles. The van der Waals surface area contributed by atoms with Crippen LogP contribution < -0.4 is 10.6 Å². The van der Waals surface area contributed by atoms with E-state index in [1.165, 1.54) is 4.90 Å². The van der Waals surface area contributed by atoms with Gasteiger partial charge in [-0.25, -0.2) is 4.79 Å². The molecule has 0 aromatic heterocycles. The van der Waals surface area contributed by atoms with E-state index in [0.29, 0.717) is 6.54 Å². The zero-order valence-electron chi connectivity index (χ0n) is 19.2. The zero-order valence-corrected chi connectivity index (χ0v) is 19.2. The van der Waals surface area contributed by atoms with Gasteiger partial charge in [-0.3, -0.25) is 9.59 Å². The fourth-order valence-corrected chi connectivity index (χ4v) is 2.90. The van der Waals surface area contributed by atoms with Crippen molar-refractivity contribution >= 4 is 17.9 Å². The fraction of sp³-hybridized carbons (Fsp3) is 0.609. The van der Waals surface area contributed by atoms with Gasteiger partial charge in [-0.2, -0.15) is 0 Å². The molecule has 3 amide bonds. The average molecular weight is 420 g/mol. The van der Waals surface area contributed by atoms with Crippen LogP contribution in [-0.4, -0.2) is 48.5 Å². The molecule has 0 aliphatic heterocycles. The Morgan fingerprint density at radius 3 is 2.20 bits per heavy atom. The van der Waals surface area contributed by atoms with Crippen LogP contribution >= 0.6 is 0 Å². The average Bonchev–Trinajstić information content (AvgIpc) is 2.68. The predicted octanol–water partition coefficient (Wildman–Crippen LogP) is 3.58. The highest BCUT2D eigenvalue weighted by atomic mass is 16.6. The van der Waals surface area contributed by atoms with Crippen molar-refractivity contribution in [2.75, 3.05) is 20.1 Å². The third-order valence-electron chi connectivity index (χ3n) is 4.60. The van der Waals surface area contributed by atoms with Crippen molar-refractivity contribution in [3.63, 3.8) is 0 Å². The summed E-state index contributed by atoms with van der Waals surface area (Å²) in [6, 6.07) is 6.90. The highest BCUT2D eigenvalue weighted by molar-refractivity contribution is 5.90. The fourth-order valence-electron chi connectivity index (χ4n) is 2.90. The van der Waals surface area contributed by atoms with Crippen LogP contribution in [0, 0.1) is 0 Å². The molecule has 1 atom stereocenters. The van der Waals surface area contributed by atoms with Crippen LogP contribution in [0.4, 0.5) is 4.79 Å². The first-order valence-electron chi connectivity index (χ1n) is 10.7. The van der Waals surface area contributed by atoms with E-state index in [4.69, 9.17) is 4.74 Å². The van der Waals surface area contributed by atoms with Crippen LogP contribution in [0.15, 0.2) is 24.3 Å². The molecule has 0 heterocycles. The quantitative estimate of drug-likeness (QED) is 0.568. The molecule has 7 nitrogen and oxygen atoms in total. The summed E-state index contributed by atoms with van der Waals surface area (Å²) in [5, 5.41) is 5.39. The summed E-state index contributed by atoms with van der Waals surface area (Å²) < 4.78 is 5.16. The Kier molecular flexibility index (Phi) is 10.4. The third-order valence-corrected chi connectivity index (χ3v) is 4.60. The van der Waals surface area contributed by atoms with Crippen LogP contribution in [0.25, 0.3) is 0 Å². The van der Waals surface area contributed by atoms with Crippen LogP contribution in [0.1, 0.15) is 71.0 Å². The Morgan fingerprint density at radius 2 is 1.67 bits per heavy atom. The highest BCUT2D eigenvalue weighted by Crippen LogP contribution is 2.21. The lowest BCUT2D eigenvalue weighted by Gasteiger charge is -2.28. The molecule has 0 aliphatic rings. The molecule has 0 aliphatic carbocycles. The topological polar surface area (TPSA) is 87.7 Å². The number of unbranched alkanes of at least 4 members (excludes halogenated alkanes) is 2. The second kappa shape index (κ2) is 12.2. The van der Waals surface area contributed by atoms with Gasteiger partial charge in [-0.15, -0.1) is 0 Å². The van der Waals surface area contributed by atoms with Crippen molar-refractivity contribution in [3.05, 3.63) is 35.4 Å². The van der Waals surface area contributed by atoms with E-state index in [1.54, 1.807) is 27.8 Å². The second-order valence-corrected chi connectivity index (χ2v) is 8.36. The number of ether oxygens (including phenoxy) is 1. The summed E-state index contributed by atoms with van der Waals surface area (Å²) >= 11 is 0. The van der Waals surface area contributed by atoms with Crippen LogP contribution in [0.2, 0.25) is 0 Å². The lowest BCUT2D eigenvalue weighted by Crippen LogP contribution is -2.46. The molecule has 1 unspecified atom stereocenters. The second-order valence-electron chi connectivity index (χ2n) is 8.36. The van der Waals surface area contributed by atoms with Crippen molar-refractivity contribution in [2.45, 2.75) is 71.9 Å². The standard InChI is InChI=1S/C23H37N3O4/c1-7-9-10-15-24-21(28)20(18-13-11-17(8-2)12-14-18)26(6)19(27)16-25-22(29)30-23(3,4)5/h11-14,20H,7-10,15-16H2,1-6H3,(H,24,28)(H,25,29). The van der Waals surface area contributed by atoms with Gasteiger partial charge in [0.05, 0.1) is 0 Å². The number of alkyl carbamates (subject to hydrolysis) is 1. The van der Waals surface area contributed by atoms with Crippen LogP contribution in [-0.2, 0) is 20.7 Å². The van der Waals surface area contributed by atoms with Gasteiger partial charge in [0.25, 0.3) is 0 Å². The Balaban J connectivity index is 2.89. The van der Waals surface area contributed by atoms with Crippen molar-refractivity contribution in [2.24, 2.45) is 0 Å². The van der Waals surface area contributed by atoms with Crippen molar-refractivity contribution in [3.8, 4) is 0 Å². The Morgan fingerprint density at radius 1 is 1.03 bits per heavy atom. The molecular weight excluding hydrogens is 382 g/mol. The van der Waals surface area contributed by atoms with E-state index in [1.807, 2.05) is 24.3 Å². The first-order chi connectivity index (χ1) is 14.1. The minimum absolute atomic E-state index is 0.233. The number of rotatable bonds is 10. The molecule has 30 heavy (non-hydrogen) atoms. The van der Waals surface area contributed by atoms with E-state index in [9.17, 15) is 14.4 Å². The van der Waals surface area contributed by atoms with Gasteiger partial charge < -0.3 is 20.3 Å². The molecular formula is C23H37N3O4. The first-order valence-corrected chi connectivity index (χ1v) is 10.7. The smallest absolute Gasteiger partial charge is 0.408 e. The number of carbonyl (C=O) groups excluding carboxylic acids is 3. The normalized spacial score (nSPS) is 12.1. The molecule has 1 rings (SSSR count). The summed E-state index contributed by atoms with van der Waals surface area (Å²) in [5.74, 6) is -0.613. The van der Waals surface area contributed by atoms with Crippen molar-refractivity contribution in [1.29, 1.82) is 0 Å². The van der Waals surface area contributed by atoms with Crippen LogP contribution in [0.5, 0.6) is 0 Å². The monoisotopic (exact) mass is 419 g/mol. The molecule has 1 aromatic rings. The number of aryl methyl sites for hydroxylation is 1. The van der Waals surface area contributed by atoms with Crippen LogP contribution in [0.3, 0.4) is 0 Å². The largest absolute Gasteiger partial charge is 0.444 e. The van der Waals surface area contributed by atoms with Gasteiger partial charge >= 0.3 is 6.09 Å². The molecule has 0 saturated heterocycles. The van der Waals surface area contributed by atoms with Gasteiger partial charge in [0.1, 0.15) is 18.2 Å². The Hall–Kier alpha value is -2.57.